The van der Waals surface area contributed by atoms with E-state index in [1.807, 2.05) is 42.5 Å². The second kappa shape index (κ2) is 5.10. The lowest BCUT2D eigenvalue weighted by Gasteiger charge is -2.13. The third kappa shape index (κ3) is 2.91. The van der Waals surface area contributed by atoms with Gasteiger partial charge >= 0.3 is 0 Å². The zero-order valence-electron chi connectivity index (χ0n) is 8.67. The van der Waals surface area contributed by atoms with Crippen molar-refractivity contribution < 1.29 is 9.84 Å². The van der Waals surface area contributed by atoms with Gasteiger partial charge in [0.15, 0.2) is 0 Å². The van der Waals surface area contributed by atoms with Gasteiger partial charge in [-0.2, -0.15) is 0 Å². The first-order valence-corrected chi connectivity index (χ1v) is 5.32. The smallest absolute Gasteiger partial charge is 0.0717 e. The number of rotatable bonds is 4. The van der Waals surface area contributed by atoms with Crippen LogP contribution in [0.25, 0.3) is 0 Å². The van der Waals surface area contributed by atoms with Crippen LogP contribution in [0.4, 0.5) is 0 Å². The van der Waals surface area contributed by atoms with Crippen LogP contribution in [0.5, 0.6) is 0 Å². The van der Waals surface area contributed by atoms with Crippen molar-refractivity contribution in [1.82, 2.24) is 0 Å². The van der Waals surface area contributed by atoms with Crippen molar-refractivity contribution in [2.45, 2.75) is 19.1 Å². The molecule has 0 fully saturated rings. The molecule has 1 aromatic carbocycles. The maximum atomic E-state index is 9.54. The minimum absolute atomic E-state index is 0.175. The molecule has 0 unspecified atom stereocenters. The van der Waals surface area contributed by atoms with E-state index in [-0.39, 0.29) is 12.0 Å². The zero-order chi connectivity index (χ0) is 10.5. The summed E-state index contributed by atoms with van der Waals surface area (Å²) in [5.41, 5.74) is 1.17. The normalized spacial score (nSPS) is 24.6. The molecule has 2 nitrogen and oxygen atoms in total. The van der Waals surface area contributed by atoms with Crippen LogP contribution in [-0.4, -0.2) is 17.8 Å². The lowest BCUT2D eigenvalue weighted by atomic mass is 10.1. The second-order valence-corrected chi connectivity index (χ2v) is 3.90. The van der Waals surface area contributed by atoms with Crippen molar-refractivity contribution in [1.29, 1.82) is 0 Å². The number of aliphatic hydroxyl groups excluding tert-OH is 1. The molecule has 0 heterocycles. The summed E-state index contributed by atoms with van der Waals surface area (Å²) in [6, 6.07) is 10.1. The molecule has 0 bridgehead atoms. The van der Waals surface area contributed by atoms with Crippen LogP contribution in [0.15, 0.2) is 42.5 Å². The lowest BCUT2D eigenvalue weighted by Crippen LogP contribution is -2.18. The molecule has 0 amide bonds. The SMILES string of the molecule is O[C@@H]1CC=C[C@H]1COCc1ccccc1. The number of hydrogen-bond acceptors (Lipinski definition) is 2. The molecular weight excluding hydrogens is 188 g/mol. The molecule has 1 aliphatic rings. The molecule has 80 valence electrons. The fourth-order valence-corrected chi connectivity index (χ4v) is 1.75. The molecule has 0 aliphatic heterocycles. The van der Waals surface area contributed by atoms with E-state index in [2.05, 4.69) is 0 Å². The Bertz CT molecular complexity index is 319. The molecule has 15 heavy (non-hydrogen) atoms. The van der Waals surface area contributed by atoms with Gasteiger partial charge < -0.3 is 9.84 Å². The topological polar surface area (TPSA) is 29.5 Å². The summed E-state index contributed by atoms with van der Waals surface area (Å²) in [5, 5.41) is 9.54. The van der Waals surface area contributed by atoms with Crippen LogP contribution in [0.3, 0.4) is 0 Å². The Balaban J connectivity index is 1.73. The quantitative estimate of drug-likeness (QED) is 0.761. The summed E-state index contributed by atoms with van der Waals surface area (Å²) in [5.74, 6) is 0.175. The van der Waals surface area contributed by atoms with Crippen molar-refractivity contribution in [2.24, 2.45) is 5.92 Å². The van der Waals surface area contributed by atoms with Gasteiger partial charge in [0.05, 0.1) is 19.3 Å². The van der Waals surface area contributed by atoms with Crippen LogP contribution in [0.1, 0.15) is 12.0 Å². The molecular formula is C13H16O2. The van der Waals surface area contributed by atoms with E-state index in [0.717, 1.165) is 6.42 Å². The van der Waals surface area contributed by atoms with Crippen molar-refractivity contribution in [3.8, 4) is 0 Å². The third-order valence-electron chi connectivity index (χ3n) is 2.68. The van der Waals surface area contributed by atoms with Gasteiger partial charge in [-0.25, -0.2) is 0 Å². The standard InChI is InChI=1S/C13H16O2/c14-13-8-4-7-12(13)10-15-9-11-5-2-1-3-6-11/h1-7,12-14H,8-10H2/t12-,13+/m0/s1. The van der Waals surface area contributed by atoms with Gasteiger partial charge in [-0.3, -0.25) is 0 Å². The van der Waals surface area contributed by atoms with Crippen molar-refractivity contribution in [3.63, 3.8) is 0 Å². The Kier molecular flexibility index (Phi) is 3.54. The molecule has 2 heteroatoms. The van der Waals surface area contributed by atoms with E-state index in [0.29, 0.717) is 13.2 Å². The largest absolute Gasteiger partial charge is 0.392 e. The monoisotopic (exact) mass is 204 g/mol. The highest BCUT2D eigenvalue weighted by Crippen LogP contribution is 2.18. The first-order valence-electron chi connectivity index (χ1n) is 5.32. The van der Waals surface area contributed by atoms with Crippen LogP contribution < -0.4 is 0 Å². The fraction of sp³-hybridized carbons (Fsp3) is 0.385. The summed E-state index contributed by atoms with van der Waals surface area (Å²) in [6.45, 7) is 1.23. The maximum Gasteiger partial charge on any atom is 0.0717 e. The van der Waals surface area contributed by atoms with Crippen molar-refractivity contribution in [3.05, 3.63) is 48.0 Å². The Morgan fingerprint density at radius 2 is 2.07 bits per heavy atom. The minimum Gasteiger partial charge on any atom is -0.392 e. The van der Waals surface area contributed by atoms with E-state index in [1.54, 1.807) is 0 Å². The first-order chi connectivity index (χ1) is 7.36. The predicted octanol–water partition coefficient (Wildman–Crippen LogP) is 2.14. The Morgan fingerprint density at radius 3 is 2.73 bits per heavy atom. The average Bonchev–Trinajstić information content (AvgIpc) is 2.66. The van der Waals surface area contributed by atoms with E-state index in [9.17, 15) is 5.11 Å². The first kappa shape index (κ1) is 10.4. The van der Waals surface area contributed by atoms with E-state index >= 15 is 0 Å². The molecule has 2 atom stereocenters. The molecule has 1 aliphatic carbocycles. The number of benzene rings is 1. The van der Waals surface area contributed by atoms with Gasteiger partial charge in [-0.15, -0.1) is 0 Å². The summed E-state index contributed by atoms with van der Waals surface area (Å²) in [4.78, 5) is 0. The van der Waals surface area contributed by atoms with Gasteiger partial charge in [0, 0.05) is 5.92 Å². The Labute approximate surface area is 90.2 Å². The van der Waals surface area contributed by atoms with Crippen molar-refractivity contribution >= 4 is 0 Å². The summed E-state index contributed by atoms with van der Waals surface area (Å²) in [6.07, 6.45) is 4.57. The third-order valence-corrected chi connectivity index (χ3v) is 2.68. The van der Waals surface area contributed by atoms with Gasteiger partial charge in [0.2, 0.25) is 0 Å². The van der Waals surface area contributed by atoms with E-state index < -0.39 is 0 Å². The summed E-state index contributed by atoms with van der Waals surface area (Å²) in [7, 11) is 0. The number of hydrogen-bond donors (Lipinski definition) is 1. The van der Waals surface area contributed by atoms with Crippen LogP contribution >= 0.6 is 0 Å². The highest BCUT2D eigenvalue weighted by molar-refractivity contribution is 5.13. The number of ether oxygens (including phenoxy) is 1. The predicted molar refractivity (Wildman–Crippen MR) is 59.4 cm³/mol. The Morgan fingerprint density at radius 1 is 1.27 bits per heavy atom. The van der Waals surface area contributed by atoms with Crippen molar-refractivity contribution in [2.75, 3.05) is 6.61 Å². The van der Waals surface area contributed by atoms with Crippen LogP contribution in [0, 0.1) is 5.92 Å². The molecule has 0 saturated carbocycles. The molecule has 0 saturated heterocycles. The van der Waals surface area contributed by atoms with E-state index in [4.69, 9.17) is 4.74 Å². The second-order valence-electron chi connectivity index (χ2n) is 3.90. The molecule has 1 N–H and O–H groups in total. The van der Waals surface area contributed by atoms with Crippen LogP contribution in [-0.2, 0) is 11.3 Å². The molecule has 0 spiro atoms. The highest BCUT2D eigenvalue weighted by atomic mass is 16.5. The Hall–Kier alpha value is -1.12. The molecule has 0 radical (unpaired) electrons. The summed E-state index contributed by atoms with van der Waals surface area (Å²) >= 11 is 0. The van der Waals surface area contributed by atoms with Crippen LogP contribution in [0.2, 0.25) is 0 Å². The fourth-order valence-electron chi connectivity index (χ4n) is 1.75. The molecule has 0 aromatic heterocycles. The molecule has 2 rings (SSSR count). The van der Waals surface area contributed by atoms with E-state index in [1.165, 1.54) is 5.56 Å². The maximum absolute atomic E-state index is 9.54. The van der Waals surface area contributed by atoms with Gasteiger partial charge in [-0.1, -0.05) is 42.5 Å². The number of aliphatic hydroxyl groups is 1. The molecule has 1 aromatic rings. The zero-order valence-corrected chi connectivity index (χ0v) is 8.67. The van der Waals surface area contributed by atoms with Gasteiger partial charge in [0.25, 0.3) is 0 Å². The lowest BCUT2D eigenvalue weighted by molar-refractivity contribution is 0.0479. The minimum atomic E-state index is -0.249. The van der Waals surface area contributed by atoms with Gasteiger partial charge in [-0.05, 0) is 12.0 Å². The van der Waals surface area contributed by atoms with Gasteiger partial charge in [0.1, 0.15) is 0 Å². The highest BCUT2D eigenvalue weighted by Gasteiger charge is 2.19. The average molecular weight is 204 g/mol. The summed E-state index contributed by atoms with van der Waals surface area (Å²) < 4.78 is 5.56.